The maximum absolute atomic E-state index is 12.7. The monoisotopic (exact) mass is 287 g/mol. The van der Waals surface area contributed by atoms with E-state index in [4.69, 9.17) is 5.73 Å². The van der Waals surface area contributed by atoms with Gasteiger partial charge in [-0.2, -0.15) is 0 Å². The smallest absolute Gasteiger partial charge is 0.230 e. The lowest BCUT2D eigenvalue weighted by atomic mass is 9.80. The molecule has 21 heavy (non-hydrogen) atoms. The maximum atomic E-state index is 12.7. The summed E-state index contributed by atoms with van der Waals surface area (Å²) in [6.07, 6.45) is 2.43. The van der Waals surface area contributed by atoms with Gasteiger partial charge in [-0.05, 0) is 63.4 Å². The minimum atomic E-state index is -0.528. The third-order valence-corrected chi connectivity index (χ3v) is 5.17. The molecule has 4 nitrogen and oxygen atoms in total. The largest absolute Gasteiger partial charge is 0.399 e. The van der Waals surface area contributed by atoms with Crippen LogP contribution in [0.2, 0.25) is 0 Å². The van der Waals surface area contributed by atoms with Crippen LogP contribution >= 0.6 is 0 Å². The van der Waals surface area contributed by atoms with E-state index < -0.39 is 5.41 Å². The number of nitrogens with zero attached hydrogens (tertiary/aromatic N) is 1. The van der Waals surface area contributed by atoms with E-state index >= 15 is 0 Å². The van der Waals surface area contributed by atoms with Crippen LogP contribution in [0.25, 0.3) is 0 Å². The summed E-state index contributed by atoms with van der Waals surface area (Å²) in [7, 11) is 0. The van der Waals surface area contributed by atoms with Crippen LogP contribution in [0.4, 0.5) is 5.69 Å². The molecule has 1 aromatic rings. The number of nitrogens with two attached hydrogens (primary N) is 1. The topological polar surface area (TPSA) is 58.4 Å². The summed E-state index contributed by atoms with van der Waals surface area (Å²) >= 11 is 0. The number of benzene rings is 1. The third-order valence-electron chi connectivity index (χ3n) is 5.17. The zero-order valence-electron chi connectivity index (χ0n) is 12.9. The number of carbonyl (C=O) groups excluding carboxylic acids is 1. The van der Waals surface area contributed by atoms with Gasteiger partial charge in [0.2, 0.25) is 5.91 Å². The first-order chi connectivity index (χ1) is 9.96. The summed E-state index contributed by atoms with van der Waals surface area (Å²) in [6.45, 7) is 7.36. The Morgan fingerprint density at radius 2 is 1.86 bits per heavy atom. The molecule has 3 saturated heterocycles. The summed E-state index contributed by atoms with van der Waals surface area (Å²) in [6, 6.07) is 7.93. The molecular weight excluding hydrogens is 262 g/mol. The average Bonchev–Trinajstić information content (AvgIpc) is 2.49. The molecule has 3 fully saturated rings. The number of piperidine rings is 3. The molecule has 3 heterocycles. The first-order valence-corrected chi connectivity index (χ1v) is 7.86. The van der Waals surface area contributed by atoms with Crippen molar-refractivity contribution in [3.63, 3.8) is 0 Å². The van der Waals surface area contributed by atoms with Crippen LogP contribution in [0.3, 0.4) is 0 Å². The molecule has 0 aromatic heterocycles. The molecule has 0 radical (unpaired) electrons. The number of carbonyl (C=O) groups is 1. The normalized spacial score (nSPS) is 28.4. The van der Waals surface area contributed by atoms with Gasteiger partial charge in [0.15, 0.2) is 0 Å². The van der Waals surface area contributed by atoms with Crippen molar-refractivity contribution in [2.75, 3.05) is 25.4 Å². The molecule has 3 N–H and O–H groups in total. The maximum Gasteiger partial charge on any atom is 0.230 e. The summed E-state index contributed by atoms with van der Waals surface area (Å²) in [5.41, 5.74) is 6.94. The molecule has 1 unspecified atom stereocenters. The fraction of sp³-hybridized carbons (Fsp3) is 0.588. The number of fused-ring (bicyclic) bond motifs is 3. The van der Waals surface area contributed by atoms with E-state index in [9.17, 15) is 4.79 Å². The highest BCUT2D eigenvalue weighted by Gasteiger charge is 2.38. The van der Waals surface area contributed by atoms with Crippen LogP contribution in [0.15, 0.2) is 24.3 Å². The Labute approximate surface area is 126 Å². The molecule has 1 aromatic carbocycles. The van der Waals surface area contributed by atoms with Crippen molar-refractivity contribution in [3.8, 4) is 0 Å². The second-order valence-electron chi connectivity index (χ2n) is 6.97. The van der Waals surface area contributed by atoms with E-state index in [0.717, 1.165) is 17.8 Å². The van der Waals surface area contributed by atoms with Gasteiger partial charge < -0.3 is 16.0 Å². The number of rotatable bonds is 3. The van der Waals surface area contributed by atoms with E-state index in [1.807, 2.05) is 38.1 Å². The highest BCUT2D eigenvalue weighted by atomic mass is 16.2. The first-order valence-electron chi connectivity index (χ1n) is 7.86. The van der Waals surface area contributed by atoms with Crippen molar-refractivity contribution >= 4 is 11.6 Å². The van der Waals surface area contributed by atoms with Crippen LogP contribution in [-0.4, -0.2) is 36.5 Å². The van der Waals surface area contributed by atoms with Gasteiger partial charge in [-0.25, -0.2) is 0 Å². The quantitative estimate of drug-likeness (QED) is 0.833. The standard InChI is InChI=1S/C17H25N3O/c1-17(2,13-3-5-14(18)6-4-13)16(21)19-15-11-20-9-7-12(15)8-10-20/h3-6,12,15H,7-11,18H2,1-2H3,(H,19,21). The predicted molar refractivity (Wildman–Crippen MR) is 85.0 cm³/mol. The highest BCUT2D eigenvalue weighted by molar-refractivity contribution is 5.87. The van der Waals surface area contributed by atoms with E-state index in [1.54, 1.807) is 0 Å². The van der Waals surface area contributed by atoms with Gasteiger partial charge in [0.25, 0.3) is 0 Å². The lowest BCUT2D eigenvalue weighted by Crippen LogP contribution is -2.59. The number of nitrogen functional groups attached to an aromatic ring is 1. The minimum absolute atomic E-state index is 0.117. The summed E-state index contributed by atoms with van der Waals surface area (Å²) in [5.74, 6) is 0.771. The molecule has 0 spiro atoms. The summed E-state index contributed by atoms with van der Waals surface area (Å²) in [5, 5.41) is 3.29. The van der Waals surface area contributed by atoms with Crippen molar-refractivity contribution in [3.05, 3.63) is 29.8 Å². The zero-order valence-corrected chi connectivity index (χ0v) is 12.9. The molecule has 114 valence electrons. The number of nitrogens with one attached hydrogen (secondary N) is 1. The van der Waals surface area contributed by atoms with E-state index in [-0.39, 0.29) is 5.91 Å². The van der Waals surface area contributed by atoms with E-state index in [1.165, 1.54) is 25.9 Å². The Morgan fingerprint density at radius 1 is 1.24 bits per heavy atom. The van der Waals surface area contributed by atoms with Gasteiger partial charge in [0.1, 0.15) is 0 Å². The lowest BCUT2D eigenvalue weighted by molar-refractivity contribution is -0.127. The van der Waals surface area contributed by atoms with Crippen LogP contribution in [0, 0.1) is 5.92 Å². The van der Waals surface area contributed by atoms with Crippen LogP contribution in [0.1, 0.15) is 32.3 Å². The lowest BCUT2D eigenvalue weighted by Gasteiger charge is -2.45. The molecule has 0 aliphatic carbocycles. The Morgan fingerprint density at radius 3 is 2.38 bits per heavy atom. The Bertz CT molecular complexity index is 515. The third kappa shape index (κ3) is 2.77. The molecule has 3 aliphatic heterocycles. The highest BCUT2D eigenvalue weighted by Crippen LogP contribution is 2.29. The second-order valence-corrected chi connectivity index (χ2v) is 6.97. The number of anilines is 1. The molecule has 1 atom stereocenters. The number of hydrogen-bond acceptors (Lipinski definition) is 3. The van der Waals surface area contributed by atoms with Crippen molar-refractivity contribution in [1.29, 1.82) is 0 Å². The second kappa shape index (κ2) is 5.34. The van der Waals surface area contributed by atoms with Crippen LogP contribution in [0.5, 0.6) is 0 Å². The molecule has 4 heteroatoms. The molecule has 3 aliphatic rings. The molecule has 4 rings (SSSR count). The van der Waals surface area contributed by atoms with Crippen molar-refractivity contribution in [1.82, 2.24) is 10.2 Å². The van der Waals surface area contributed by atoms with Crippen LogP contribution in [-0.2, 0) is 10.2 Å². The van der Waals surface area contributed by atoms with Gasteiger partial charge in [-0.3, -0.25) is 4.79 Å². The van der Waals surface area contributed by atoms with E-state index in [2.05, 4.69) is 10.2 Å². The number of hydrogen-bond donors (Lipinski definition) is 2. The van der Waals surface area contributed by atoms with Gasteiger partial charge >= 0.3 is 0 Å². The molecule has 2 bridgehead atoms. The van der Waals surface area contributed by atoms with E-state index in [0.29, 0.717) is 12.0 Å². The fourth-order valence-corrected chi connectivity index (χ4v) is 3.51. The van der Waals surface area contributed by atoms with Gasteiger partial charge in [-0.1, -0.05) is 12.1 Å². The predicted octanol–water partition coefficient (Wildman–Crippen LogP) is 1.76. The van der Waals surface area contributed by atoms with Gasteiger partial charge in [0, 0.05) is 18.3 Å². The zero-order chi connectivity index (χ0) is 15.0. The number of amides is 1. The average molecular weight is 287 g/mol. The van der Waals surface area contributed by atoms with Crippen molar-refractivity contribution in [2.24, 2.45) is 5.92 Å². The Balaban J connectivity index is 1.70. The molecule has 1 amide bonds. The van der Waals surface area contributed by atoms with Gasteiger partial charge in [0.05, 0.1) is 5.41 Å². The molecular formula is C17H25N3O. The summed E-state index contributed by atoms with van der Waals surface area (Å²) in [4.78, 5) is 15.2. The SMILES string of the molecule is CC(C)(C(=O)NC1CN2CCC1CC2)c1ccc(N)cc1. The Kier molecular flexibility index (Phi) is 3.66. The summed E-state index contributed by atoms with van der Waals surface area (Å²) < 4.78 is 0. The Hall–Kier alpha value is -1.55. The fourth-order valence-electron chi connectivity index (χ4n) is 3.51. The van der Waals surface area contributed by atoms with Gasteiger partial charge in [-0.15, -0.1) is 0 Å². The van der Waals surface area contributed by atoms with Crippen molar-refractivity contribution in [2.45, 2.75) is 38.1 Å². The minimum Gasteiger partial charge on any atom is -0.399 e. The van der Waals surface area contributed by atoms with Crippen LogP contribution < -0.4 is 11.1 Å². The molecule has 0 saturated carbocycles. The first kappa shape index (κ1) is 14.4. The van der Waals surface area contributed by atoms with Crippen molar-refractivity contribution < 1.29 is 4.79 Å².